The second kappa shape index (κ2) is 4.22. The van der Waals surface area contributed by atoms with E-state index in [9.17, 15) is 17.3 Å². The molecule has 1 rings (SSSR count). The van der Waals surface area contributed by atoms with Crippen LogP contribution in [0.25, 0.3) is 0 Å². The van der Waals surface area contributed by atoms with Crippen molar-refractivity contribution in [1.29, 1.82) is 0 Å². The van der Waals surface area contributed by atoms with Crippen molar-refractivity contribution in [2.75, 3.05) is 6.54 Å². The maximum Gasteiger partial charge on any atom is 0.673 e. The number of nitrogens with one attached hydrogen (secondary N) is 1. The maximum atomic E-state index is 9.75. The molecule has 3 N–H and O–H groups in total. The fourth-order valence-electron chi connectivity index (χ4n) is 0.515. The SMILES string of the molecule is CC1=CC[NH2+]N1.F[B-](F)(F)F. The van der Waals surface area contributed by atoms with Crippen molar-refractivity contribution in [3.63, 3.8) is 0 Å². The Balaban J connectivity index is 0.000000187. The molecule has 0 amide bonds. The van der Waals surface area contributed by atoms with Gasteiger partial charge in [0.15, 0.2) is 0 Å². The molecule has 1 heterocycles. The van der Waals surface area contributed by atoms with E-state index in [1.54, 1.807) is 0 Å². The highest BCUT2D eigenvalue weighted by Gasteiger charge is 2.20. The van der Waals surface area contributed by atoms with Crippen LogP contribution in [0.5, 0.6) is 0 Å². The van der Waals surface area contributed by atoms with Crippen LogP contribution in [0.15, 0.2) is 11.8 Å². The number of nitrogens with two attached hydrogens (primary N) is 1. The number of allylic oxidation sites excluding steroid dienone is 1. The highest BCUT2D eigenvalue weighted by molar-refractivity contribution is 6.50. The lowest BCUT2D eigenvalue weighted by Crippen LogP contribution is -2.89. The summed E-state index contributed by atoms with van der Waals surface area (Å²) in [5.74, 6) is 0. The third-order valence-corrected chi connectivity index (χ3v) is 0.872. The molecule has 2 nitrogen and oxygen atoms in total. The van der Waals surface area contributed by atoms with Crippen LogP contribution in [0.2, 0.25) is 0 Å². The van der Waals surface area contributed by atoms with Crippen molar-refractivity contribution in [2.45, 2.75) is 6.92 Å². The molecule has 0 saturated carbocycles. The average molecular weight is 172 g/mol. The van der Waals surface area contributed by atoms with Gasteiger partial charge in [0.2, 0.25) is 0 Å². The molecule has 0 aromatic heterocycles. The monoisotopic (exact) mass is 172 g/mol. The molecule has 0 saturated heterocycles. The number of quaternary nitrogens is 1. The van der Waals surface area contributed by atoms with Gasteiger partial charge in [-0.05, 0) is 13.0 Å². The molecular formula is C4H9BF4N2. The highest BCUT2D eigenvalue weighted by Crippen LogP contribution is 2.06. The van der Waals surface area contributed by atoms with Gasteiger partial charge in [0.1, 0.15) is 6.54 Å². The van der Waals surface area contributed by atoms with Gasteiger partial charge in [0.25, 0.3) is 0 Å². The van der Waals surface area contributed by atoms with Crippen LogP contribution in [0.4, 0.5) is 17.3 Å². The second-order valence-corrected chi connectivity index (χ2v) is 1.97. The first kappa shape index (κ1) is 10.3. The molecule has 7 heteroatoms. The minimum atomic E-state index is -6.00. The summed E-state index contributed by atoms with van der Waals surface area (Å²) < 4.78 is 39.0. The number of halogens is 4. The summed E-state index contributed by atoms with van der Waals surface area (Å²) in [5, 5.41) is 0. The smallest absolute Gasteiger partial charge is 0.418 e. The fourth-order valence-corrected chi connectivity index (χ4v) is 0.515. The Morgan fingerprint density at radius 2 is 1.91 bits per heavy atom. The number of hydrogen-bond donors (Lipinski definition) is 2. The quantitative estimate of drug-likeness (QED) is 0.306. The zero-order valence-corrected chi connectivity index (χ0v) is 5.95. The van der Waals surface area contributed by atoms with Gasteiger partial charge in [0.05, 0.1) is 5.70 Å². The topological polar surface area (TPSA) is 28.6 Å². The van der Waals surface area contributed by atoms with Gasteiger partial charge in [-0.2, -0.15) is 0 Å². The maximum absolute atomic E-state index is 9.75. The van der Waals surface area contributed by atoms with Crippen LogP contribution >= 0.6 is 0 Å². The van der Waals surface area contributed by atoms with Crippen molar-refractivity contribution in [3.05, 3.63) is 11.8 Å². The summed E-state index contributed by atoms with van der Waals surface area (Å²) >= 11 is 0. The third-order valence-electron chi connectivity index (χ3n) is 0.872. The molecule has 0 unspecified atom stereocenters. The first-order valence-corrected chi connectivity index (χ1v) is 3.02. The van der Waals surface area contributed by atoms with Crippen molar-refractivity contribution >= 4 is 7.25 Å². The minimum absolute atomic E-state index is 1.09. The van der Waals surface area contributed by atoms with Gasteiger partial charge >= 0.3 is 7.25 Å². The van der Waals surface area contributed by atoms with Crippen LogP contribution in [0, 0.1) is 0 Å². The molecule has 0 aromatic rings. The van der Waals surface area contributed by atoms with E-state index < -0.39 is 7.25 Å². The van der Waals surface area contributed by atoms with Gasteiger partial charge in [-0.3, -0.25) is 0 Å². The number of rotatable bonds is 0. The highest BCUT2D eigenvalue weighted by atomic mass is 19.5. The van der Waals surface area contributed by atoms with E-state index in [0.717, 1.165) is 6.54 Å². The summed E-state index contributed by atoms with van der Waals surface area (Å²) in [7, 11) is -6.00. The molecule has 11 heavy (non-hydrogen) atoms. The number of hydrogen-bond acceptors (Lipinski definition) is 1. The van der Waals surface area contributed by atoms with Gasteiger partial charge in [-0.15, -0.1) is 0 Å². The molecule has 0 aliphatic carbocycles. The van der Waals surface area contributed by atoms with E-state index in [1.807, 2.05) is 5.43 Å². The molecule has 0 aromatic carbocycles. The first-order valence-electron chi connectivity index (χ1n) is 3.02. The Morgan fingerprint density at radius 3 is 2.00 bits per heavy atom. The van der Waals surface area contributed by atoms with Crippen LogP contribution in [0.1, 0.15) is 6.92 Å². The summed E-state index contributed by atoms with van der Waals surface area (Å²) in [6, 6.07) is 0. The van der Waals surface area contributed by atoms with Gasteiger partial charge in [-0.1, -0.05) is 0 Å². The molecular weight excluding hydrogens is 163 g/mol. The zero-order chi connectivity index (χ0) is 8.91. The molecule has 0 fully saturated rings. The van der Waals surface area contributed by atoms with Gasteiger partial charge in [0, 0.05) is 0 Å². The van der Waals surface area contributed by atoms with E-state index in [2.05, 4.69) is 18.4 Å². The van der Waals surface area contributed by atoms with E-state index in [-0.39, 0.29) is 0 Å². The van der Waals surface area contributed by atoms with E-state index >= 15 is 0 Å². The van der Waals surface area contributed by atoms with Crippen LogP contribution in [-0.2, 0) is 0 Å². The Labute approximate surface area is 61.7 Å². The Morgan fingerprint density at radius 1 is 1.45 bits per heavy atom. The fraction of sp³-hybridized carbons (Fsp3) is 0.500. The van der Waals surface area contributed by atoms with Gasteiger partial charge in [-0.25, -0.2) is 10.9 Å². The van der Waals surface area contributed by atoms with E-state index in [0.29, 0.717) is 0 Å². The minimum Gasteiger partial charge on any atom is -0.418 e. The lowest BCUT2D eigenvalue weighted by Gasteiger charge is -1.94. The second-order valence-electron chi connectivity index (χ2n) is 1.97. The largest absolute Gasteiger partial charge is 0.673 e. The Bertz CT molecular complexity index is 138. The average Bonchev–Trinajstić information content (AvgIpc) is 2.12. The normalized spacial score (nSPS) is 16.3. The third kappa shape index (κ3) is 12.5. The van der Waals surface area contributed by atoms with Crippen molar-refractivity contribution in [3.8, 4) is 0 Å². The molecule has 1 aliphatic heterocycles. The zero-order valence-electron chi connectivity index (χ0n) is 5.95. The van der Waals surface area contributed by atoms with E-state index in [1.165, 1.54) is 5.70 Å². The standard InChI is InChI=1S/C4H8N2.BF4/c1-4-2-3-5-6-4;2-1(3,4)5/h2,5-6H,3H2,1H3;/q;-1/p+1. The Kier molecular flexibility index (Phi) is 3.95. The van der Waals surface area contributed by atoms with Crippen LogP contribution in [-0.4, -0.2) is 13.8 Å². The lowest BCUT2D eigenvalue weighted by molar-refractivity contribution is -0.687. The van der Waals surface area contributed by atoms with Gasteiger partial charge < -0.3 is 17.3 Å². The van der Waals surface area contributed by atoms with Crippen molar-refractivity contribution in [1.82, 2.24) is 5.43 Å². The van der Waals surface area contributed by atoms with Crippen LogP contribution in [0.3, 0.4) is 0 Å². The summed E-state index contributed by atoms with van der Waals surface area (Å²) in [6.45, 7) is 3.15. The molecule has 0 spiro atoms. The summed E-state index contributed by atoms with van der Waals surface area (Å²) in [5.41, 5.74) is 6.37. The predicted molar refractivity (Wildman–Crippen MR) is 33.9 cm³/mol. The first-order chi connectivity index (χ1) is 4.89. The predicted octanol–water partition coefficient (Wildman–Crippen LogP) is 0.272. The molecule has 0 radical (unpaired) electrons. The van der Waals surface area contributed by atoms with E-state index in [4.69, 9.17) is 0 Å². The molecule has 66 valence electrons. The summed E-state index contributed by atoms with van der Waals surface area (Å²) in [6.07, 6.45) is 2.15. The van der Waals surface area contributed by atoms with Crippen LogP contribution < -0.4 is 10.9 Å². The molecule has 1 aliphatic rings. The molecule has 0 atom stereocenters. The Hall–Kier alpha value is -0.715. The summed E-state index contributed by atoms with van der Waals surface area (Å²) in [4.78, 5) is 0. The molecule has 0 bridgehead atoms. The van der Waals surface area contributed by atoms with Crippen molar-refractivity contribution < 1.29 is 22.7 Å². The van der Waals surface area contributed by atoms with Crippen molar-refractivity contribution in [2.24, 2.45) is 0 Å². The lowest BCUT2D eigenvalue weighted by atomic mass is 10.3.